The number of rotatable bonds is 13. The number of hydrogen-bond acceptors (Lipinski definition) is 10. The maximum absolute atomic E-state index is 16.5. The monoisotopic (exact) mass is 903 g/mol. The molecule has 3 fully saturated rings. The predicted molar refractivity (Wildman–Crippen MR) is 240 cm³/mol. The van der Waals surface area contributed by atoms with Crippen molar-refractivity contribution in [2.45, 2.75) is 56.9 Å². The molecule has 5 aromatic carbocycles. The zero-order chi connectivity index (χ0) is 45.4. The van der Waals surface area contributed by atoms with Gasteiger partial charge in [0.05, 0.1) is 24.2 Å². The largest absolute Gasteiger partial charge is 0.487 e. The van der Waals surface area contributed by atoms with Gasteiger partial charge in [0, 0.05) is 24.5 Å². The van der Waals surface area contributed by atoms with Gasteiger partial charge in [-0.2, -0.15) is 8.42 Å². The Kier molecular flexibility index (Phi) is 12.0. The summed E-state index contributed by atoms with van der Waals surface area (Å²) in [7, 11) is -2.72. The number of benzene rings is 5. The number of carbonyl (C=O) groups excluding carboxylic acids is 4. The van der Waals surface area contributed by atoms with Crippen LogP contribution in [0, 0.1) is 5.82 Å². The summed E-state index contributed by atoms with van der Waals surface area (Å²) in [6, 6.07) is 29.1. The highest BCUT2D eigenvalue weighted by molar-refractivity contribution is 7.92. The Labute approximate surface area is 373 Å². The normalized spacial score (nSPS) is 18.5. The van der Waals surface area contributed by atoms with Crippen LogP contribution in [0.1, 0.15) is 54.3 Å². The van der Waals surface area contributed by atoms with E-state index in [1.165, 1.54) is 27.3 Å². The molecule has 65 heavy (non-hydrogen) atoms. The first-order valence-electron chi connectivity index (χ1n) is 21.3. The molecule has 3 aliphatic heterocycles. The van der Waals surface area contributed by atoms with Gasteiger partial charge in [-0.1, -0.05) is 66.7 Å². The van der Waals surface area contributed by atoms with E-state index in [-0.39, 0.29) is 67.2 Å². The Hall–Kier alpha value is -6.89. The summed E-state index contributed by atoms with van der Waals surface area (Å²) in [5.41, 5.74) is 3.64. The van der Waals surface area contributed by atoms with Crippen LogP contribution in [0.25, 0.3) is 21.8 Å². The van der Waals surface area contributed by atoms with Gasteiger partial charge in [0.1, 0.15) is 36.7 Å². The molecule has 9 rings (SSSR count). The van der Waals surface area contributed by atoms with E-state index >= 15 is 4.39 Å². The first-order valence-corrected chi connectivity index (χ1v) is 22.8. The van der Waals surface area contributed by atoms with Crippen molar-refractivity contribution in [3.8, 4) is 5.75 Å². The van der Waals surface area contributed by atoms with Crippen LogP contribution in [0.5, 0.6) is 5.75 Å². The summed E-state index contributed by atoms with van der Waals surface area (Å²) in [5.74, 6) is -2.90. The summed E-state index contributed by atoms with van der Waals surface area (Å²) in [4.78, 5) is 66.5. The predicted octanol–water partition coefficient (Wildman–Crippen LogP) is 4.77. The molecule has 1 aromatic heterocycles. The lowest BCUT2D eigenvalue weighted by molar-refractivity contribution is -0.135. The summed E-state index contributed by atoms with van der Waals surface area (Å²) in [5, 5.41) is 5.73. The minimum Gasteiger partial charge on any atom is -0.487 e. The fourth-order valence-electron chi connectivity index (χ4n) is 8.97. The topological polar surface area (TPSA) is 190 Å². The number of halogens is 1. The highest BCUT2D eigenvalue weighted by atomic mass is 32.2. The smallest absolute Gasteiger partial charge is 0.329 e. The number of anilines is 2. The second-order valence-electron chi connectivity index (χ2n) is 16.5. The van der Waals surface area contributed by atoms with E-state index in [0.29, 0.717) is 52.3 Å². The minimum absolute atomic E-state index is 0.0157. The zero-order valence-corrected chi connectivity index (χ0v) is 36.2. The molecular weight excluding hydrogens is 858 g/mol. The van der Waals surface area contributed by atoms with E-state index in [4.69, 9.17) is 9.47 Å². The second-order valence-corrected chi connectivity index (χ2v) is 18.1. The van der Waals surface area contributed by atoms with Crippen molar-refractivity contribution >= 4 is 67.0 Å². The van der Waals surface area contributed by atoms with Gasteiger partial charge in [0.25, 0.3) is 5.91 Å². The zero-order valence-electron chi connectivity index (χ0n) is 35.4. The average molecular weight is 904 g/mol. The van der Waals surface area contributed by atoms with Gasteiger partial charge >= 0.3 is 15.9 Å². The Balaban J connectivity index is 0.953. The molecule has 3 aliphatic rings. The summed E-state index contributed by atoms with van der Waals surface area (Å²) in [6.07, 6.45) is 1.80. The van der Waals surface area contributed by atoms with E-state index in [1.54, 1.807) is 25.2 Å². The van der Waals surface area contributed by atoms with Gasteiger partial charge in [-0.3, -0.25) is 38.5 Å². The van der Waals surface area contributed by atoms with Crippen LogP contribution >= 0.6 is 0 Å². The number of hydrogen-bond donors (Lipinski definition) is 3. The van der Waals surface area contributed by atoms with Crippen molar-refractivity contribution in [3.05, 3.63) is 136 Å². The molecule has 16 nitrogen and oxygen atoms in total. The van der Waals surface area contributed by atoms with Gasteiger partial charge in [-0.25, -0.2) is 18.2 Å². The molecule has 6 aromatic rings. The van der Waals surface area contributed by atoms with E-state index < -0.39 is 52.2 Å². The highest BCUT2D eigenvalue weighted by Gasteiger charge is 2.39. The number of carbonyl (C=O) groups is 4. The maximum atomic E-state index is 16.5. The molecule has 0 saturated carbocycles. The summed E-state index contributed by atoms with van der Waals surface area (Å²) in [6.45, 7) is 0.830. The van der Waals surface area contributed by atoms with Crippen molar-refractivity contribution in [1.29, 1.82) is 0 Å². The molecule has 0 radical (unpaired) electrons. The lowest BCUT2D eigenvalue weighted by Gasteiger charge is -2.37. The third kappa shape index (κ3) is 8.84. The number of imide groups is 1. The number of nitrogens with one attached hydrogen (secondary N) is 3. The molecular formula is C47H46FN7O9S. The Morgan fingerprint density at radius 2 is 1.55 bits per heavy atom. The van der Waals surface area contributed by atoms with E-state index in [1.807, 2.05) is 71.5 Å². The molecule has 18 heteroatoms. The maximum Gasteiger partial charge on any atom is 0.329 e. The number of piperidine rings is 2. The number of fused-ring (bicyclic) bond motifs is 2. The first-order chi connectivity index (χ1) is 31.3. The van der Waals surface area contributed by atoms with Crippen LogP contribution < -0.4 is 30.1 Å². The lowest BCUT2D eigenvalue weighted by Crippen LogP contribution is -2.50. The first kappa shape index (κ1) is 43.4. The summed E-state index contributed by atoms with van der Waals surface area (Å²) < 4.78 is 60.1. The van der Waals surface area contributed by atoms with E-state index in [9.17, 15) is 32.4 Å². The highest BCUT2D eigenvalue weighted by Crippen LogP contribution is 2.41. The second kappa shape index (κ2) is 17.9. The van der Waals surface area contributed by atoms with Crippen LogP contribution in [0.2, 0.25) is 0 Å². The quantitative estimate of drug-likeness (QED) is 0.136. The van der Waals surface area contributed by atoms with Crippen LogP contribution in [0.15, 0.2) is 108 Å². The number of nitrogens with zero attached hydrogens (tertiary/aromatic N) is 4. The van der Waals surface area contributed by atoms with Gasteiger partial charge < -0.3 is 14.8 Å². The van der Waals surface area contributed by atoms with Gasteiger partial charge in [-0.05, 0) is 96.7 Å². The molecule has 3 saturated heterocycles. The lowest BCUT2D eigenvalue weighted by atomic mass is 9.88. The van der Waals surface area contributed by atoms with E-state index in [0.717, 1.165) is 16.7 Å². The van der Waals surface area contributed by atoms with Gasteiger partial charge in [-0.15, -0.1) is 0 Å². The van der Waals surface area contributed by atoms with E-state index in [2.05, 4.69) is 15.5 Å². The standard InChI is InChI=1S/C47H46FN7O9S/c1-52-38-23-32(12-15-36(38)55(47(52)60)37-16-17-41(56)50-45(37)58)31-18-20-53(21-19-31)39(28-63-26-29-8-4-2-5-9-29)46(59)49-34-13-14-35-33(22-34)24-40(64-27-30-10-6-3-7-11-30)44(43(35)48)54-25-42(57)51-65(54,61)62/h2-15,22-24,31,37,39H,16-21,25-28H2,1H3,(H,49,59)(H,51,57)(H,50,56,58). The molecule has 4 amide bonds. The number of amides is 4. The third-order valence-corrected chi connectivity index (χ3v) is 13.7. The number of likely N-dealkylation sites (tertiary alicyclic amines) is 1. The van der Waals surface area contributed by atoms with Crippen molar-refractivity contribution in [2.24, 2.45) is 7.05 Å². The van der Waals surface area contributed by atoms with Gasteiger partial charge in [0.15, 0.2) is 5.82 Å². The molecule has 0 bridgehead atoms. The minimum atomic E-state index is -4.39. The molecule has 336 valence electrons. The number of ether oxygens (including phenoxy) is 2. The van der Waals surface area contributed by atoms with Crippen molar-refractivity contribution in [2.75, 3.05) is 35.9 Å². The van der Waals surface area contributed by atoms with Crippen LogP contribution in [0.3, 0.4) is 0 Å². The molecule has 3 N–H and O–H groups in total. The SMILES string of the molecule is Cn1c(=O)n(C2CCC(=O)NC2=O)c2ccc(C3CCN(C(COCc4ccccc4)C(=O)Nc4ccc5c(F)c(N6CC(=O)NS6(=O)=O)c(OCc6ccccc6)cc5c4)CC3)cc21. The Morgan fingerprint density at radius 1 is 0.846 bits per heavy atom. The summed E-state index contributed by atoms with van der Waals surface area (Å²) >= 11 is 0. The fraction of sp³-hybridized carbons (Fsp3) is 0.298. The number of imidazole rings is 1. The number of aromatic nitrogens is 2. The third-order valence-electron chi connectivity index (χ3n) is 12.4. The molecule has 2 unspecified atom stereocenters. The van der Waals surface area contributed by atoms with Crippen molar-refractivity contribution < 1.29 is 41.5 Å². The van der Waals surface area contributed by atoms with Crippen LogP contribution in [-0.2, 0) is 54.4 Å². The van der Waals surface area contributed by atoms with Crippen LogP contribution in [0.4, 0.5) is 15.8 Å². The molecule has 0 aliphatic carbocycles. The molecule has 4 heterocycles. The number of aryl methyl sites for hydroxylation is 1. The average Bonchev–Trinajstić information content (AvgIpc) is 3.72. The Morgan fingerprint density at radius 3 is 2.23 bits per heavy atom. The molecule has 2 atom stereocenters. The Bertz CT molecular complexity index is 3010. The fourth-order valence-corrected chi connectivity index (χ4v) is 10.1. The molecule has 0 spiro atoms. The van der Waals surface area contributed by atoms with Gasteiger partial charge in [0.2, 0.25) is 17.7 Å². The van der Waals surface area contributed by atoms with Crippen molar-refractivity contribution in [3.63, 3.8) is 0 Å². The van der Waals surface area contributed by atoms with Crippen LogP contribution in [-0.4, -0.2) is 78.4 Å². The van der Waals surface area contributed by atoms with Crippen molar-refractivity contribution in [1.82, 2.24) is 24.1 Å².